The van der Waals surface area contributed by atoms with Gasteiger partial charge in [0.15, 0.2) is 5.82 Å². The molecule has 0 radical (unpaired) electrons. The fraction of sp³-hybridized carbons (Fsp3) is 0.367. The number of nitrogens with zero attached hydrogens (tertiary/aromatic N) is 7. The highest BCUT2D eigenvalue weighted by atomic mass is 16.5. The van der Waals surface area contributed by atoms with E-state index in [1.54, 1.807) is 31.7 Å². The number of H-pyrrole nitrogens is 1. The number of aliphatic hydroxyl groups excluding tert-OH is 1. The van der Waals surface area contributed by atoms with Crippen LogP contribution in [0.4, 0.5) is 11.6 Å². The van der Waals surface area contributed by atoms with Crippen LogP contribution < -0.4 is 15.6 Å². The number of aryl methyl sites for hydroxylation is 1. The van der Waals surface area contributed by atoms with Crippen molar-refractivity contribution in [2.24, 2.45) is 7.05 Å². The Labute approximate surface area is 248 Å². The summed E-state index contributed by atoms with van der Waals surface area (Å²) in [5.41, 5.74) is 2.73. The van der Waals surface area contributed by atoms with Gasteiger partial charge in [0.25, 0.3) is 5.56 Å². The molecule has 0 amide bonds. The number of pyridine rings is 1. The average molecular weight is 586 g/mol. The monoisotopic (exact) mass is 585 g/mol. The molecule has 13 nitrogen and oxygen atoms in total. The fourth-order valence-corrected chi connectivity index (χ4v) is 5.12. The fourth-order valence-electron chi connectivity index (χ4n) is 5.12. The highest BCUT2D eigenvalue weighted by Crippen LogP contribution is 2.33. The third kappa shape index (κ3) is 6.28. The van der Waals surface area contributed by atoms with Crippen LogP contribution in [-0.4, -0.2) is 90.6 Å². The van der Waals surface area contributed by atoms with Gasteiger partial charge in [0, 0.05) is 68.9 Å². The van der Waals surface area contributed by atoms with E-state index in [0.29, 0.717) is 36.1 Å². The molecule has 0 spiro atoms. The lowest BCUT2D eigenvalue weighted by atomic mass is 10.1. The minimum absolute atomic E-state index is 0.0445. The molecule has 224 valence electrons. The molecule has 1 saturated heterocycles. The second-order valence-electron chi connectivity index (χ2n) is 10.5. The maximum Gasteiger partial charge on any atom is 0.277 e. The Hall–Kier alpha value is -4.59. The highest BCUT2D eigenvalue weighted by Gasteiger charge is 2.19. The number of anilines is 2. The van der Waals surface area contributed by atoms with Crippen molar-refractivity contribution in [2.45, 2.75) is 19.4 Å². The SMILES string of the molecule is CC(CCO)n1nc(-c2cccc(OCCN3CCOCC3)c2)c2cnc(Nc3ccnc(-c4c[nH]n(C)c4=O)n3)cc21. The number of fused-ring (bicyclic) bond motifs is 1. The Bertz CT molecular complexity index is 1760. The molecule has 0 saturated carbocycles. The lowest BCUT2D eigenvalue weighted by Crippen LogP contribution is -2.38. The standard InChI is InChI=1S/C30H35N9O4/c1-20(7-12-40)39-25-17-27(34-26-6-8-31-29(35-26)24-19-33-37(2)30(24)41)32-18-23(25)28(36-39)21-4-3-5-22(16-21)43-15-11-38-9-13-42-14-10-38/h3-6,8,16-20,33,40H,7,9-15H2,1-2H3,(H,31,32,34,35). The van der Waals surface area contributed by atoms with E-state index in [4.69, 9.17) is 14.6 Å². The van der Waals surface area contributed by atoms with Crippen LogP contribution in [0.25, 0.3) is 33.5 Å². The molecular formula is C30H35N9O4. The minimum Gasteiger partial charge on any atom is -0.492 e. The van der Waals surface area contributed by atoms with Crippen molar-refractivity contribution in [3.05, 3.63) is 65.3 Å². The molecule has 1 aromatic carbocycles. The first-order valence-corrected chi connectivity index (χ1v) is 14.4. The van der Waals surface area contributed by atoms with Crippen molar-refractivity contribution >= 4 is 22.5 Å². The Balaban J connectivity index is 1.27. The smallest absolute Gasteiger partial charge is 0.277 e. The van der Waals surface area contributed by atoms with Crippen LogP contribution in [0.1, 0.15) is 19.4 Å². The minimum atomic E-state index is -0.211. The maximum absolute atomic E-state index is 12.4. The van der Waals surface area contributed by atoms with Crippen LogP contribution in [0.2, 0.25) is 0 Å². The first-order valence-electron chi connectivity index (χ1n) is 14.4. The first kappa shape index (κ1) is 28.5. The van der Waals surface area contributed by atoms with Crippen LogP contribution in [0, 0.1) is 0 Å². The molecule has 1 unspecified atom stereocenters. The molecule has 5 aromatic rings. The summed E-state index contributed by atoms with van der Waals surface area (Å²) in [6, 6.07) is 11.5. The summed E-state index contributed by atoms with van der Waals surface area (Å²) < 4.78 is 14.8. The van der Waals surface area contributed by atoms with Crippen molar-refractivity contribution < 1.29 is 14.6 Å². The van der Waals surface area contributed by atoms with E-state index in [0.717, 1.165) is 60.8 Å². The number of aromatic nitrogens is 7. The van der Waals surface area contributed by atoms with E-state index in [1.807, 2.05) is 41.9 Å². The van der Waals surface area contributed by atoms with Gasteiger partial charge >= 0.3 is 0 Å². The highest BCUT2D eigenvalue weighted by molar-refractivity contribution is 5.94. The predicted octanol–water partition coefficient (Wildman–Crippen LogP) is 2.98. The van der Waals surface area contributed by atoms with Gasteiger partial charge < -0.3 is 25.0 Å². The van der Waals surface area contributed by atoms with Crippen molar-refractivity contribution in [1.82, 2.24) is 39.4 Å². The number of morpholine rings is 1. The van der Waals surface area contributed by atoms with E-state index < -0.39 is 0 Å². The Morgan fingerprint density at radius 2 is 2.02 bits per heavy atom. The predicted molar refractivity (Wildman–Crippen MR) is 162 cm³/mol. The molecule has 1 atom stereocenters. The van der Waals surface area contributed by atoms with Gasteiger partial charge in [0.1, 0.15) is 35.2 Å². The number of aliphatic hydroxyl groups is 1. The lowest BCUT2D eigenvalue weighted by Gasteiger charge is -2.26. The van der Waals surface area contributed by atoms with Crippen LogP contribution in [0.15, 0.2) is 59.8 Å². The van der Waals surface area contributed by atoms with Gasteiger partial charge in [-0.1, -0.05) is 12.1 Å². The third-order valence-corrected chi connectivity index (χ3v) is 7.53. The summed E-state index contributed by atoms with van der Waals surface area (Å²) in [5, 5.41) is 21.6. The quantitative estimate of drug-likeness (QED) is 0.211. The van der Waals surface area contributed by atoms with Gasteiger partial charge in [-0.15, -0.1) is 0 Å². The molecular weight excluding hydrogens is 550 g/mol. The molecule has 0 aliphatic carbocycles. The lowest BCUT2D eigenvalue weighted by molar-refractivity contribution is 0.0322. The molecule has 4 aromatic heterocycles. The van der Waals surface area contributed by atoms with E-state index in [2.05, 4.69) is 30.3 Å². The maximum atomic E-state index is 12.4. The van der Waals surface area contributed by atoms with E-state index in [1.165, 1.54) is 4.68 Å². The summed E-state index contributed by atoms with van der Waals surface area (Å²) in [6.45, 7) is 6.88. The molecule has 0 bridgehead atoms. The normalized spacial score (nSPS) is 14.7. The average Bonchev–Trinajstić information content (AvgIpc) is 3.57. The number of nitrogens with one attached hydrogen (secondary N) is 2. The third-order valence-electron chi connectivity index (χ3n) is 7.53. The second kappa shape index (κ2) is 12.7. The first-order chi connectivity index (χ1) is 21.0. The van der Waals surface area contributed by atoms with Crippen LogP contribution in [0.3, 0.4) is 0 Å². The number of aromatic amines is 1. The number of ether oxygens (including phenoxy) is 2. The van der Waals surface area contributed by atoms with Crippen LogP contribution in [-0.2, 0) is 11.8 Å². The Morgan fingerprint density at radius 3 is 2.81 bits per heavy atom. The number of hydrogen-bond acceptors (Lipinski definition) is 10. The van der Waals surface area contributed by atoms with Crippen molar-refractivity contribution in [1.29, 1.82) is 0 Å². The van der Waals surface area contributed by atoms with Gasteiger partial charge in [0.05, 0.1) is 24.8 Å². The summed E-state index contributed by atoms with van der Waals surface area (Å²) in [4.78, 5) is 28.2. The van der Waals surface area contributed by atoms with Crippen molar-refractivity contribution in [2.75, 3.05) is 51.4 Å². The molecule has 13 heteroatoms. The summed E-state index contributed by atoms with van der Waals surface area (Å²) in [5.74, 6) is 2.14. The molecule has 43 heavy (non-hydrogen) atoms. The van der Waals surface area contributed by atoms with E-state index >= 15 is 0 Å². The van der Waals surface area contributed by atoms with Crippen LogP contribution >= 0.6 is 0 Å². The molecule has 1 fully saturated rings. The molecule has 1 aliphatic heterocycles. The van der Waals surface area contributed by atoms with Gasteiger partial charge in [-0.3, -0.25) is 19.1 Å². The Kier molecular flexibility index (Phi) is 8.45. The number of benzene rings is 1. The van der Waals surface area contributed by atoms with Gasteiger partial charge in [0.2, 0.25) is 0 Å². The zero-order valence-electron chi connectivity index (χ0n) is 24.2. The van der Waals surface area contributed by atoms with Crippen LogP contribution in [0.5, 0.6) is 5.75 Å². The van der Waals surface area contributed by atoms with Gasteiger partial charge in [-0.05, 0) is 31.5 Å². The molecule has 5 heterocycles. The van der Waals surface area contributed by atoms with Gasteiger partial charge in [-0.2, -0.15) is 5.10 Å². The van der Waals surface area contributed by atoms with E-state index in [-0.39, 0.29) is 18.2 Å². The topological polar surface area (TPSA) is 148 Å². The summed E-state index contributed by atoms with van der Waals surface area (Å²) in [6.07, 6.45) is 5.51. The van der Waals surface area contributed by atoms with Crippen molar-refractivity contribution in [3.8, 4) is 28.4 Å². The summed E-state index contributed by atoms with van der Waals surface area (Å²) >= 11 is 0. The van der Waals surface area contributed by atoms with Crippen molar-refractivity contribution in [3.63, 3.8) is 0 Å². The second-order valence-corrected chi connectivity index (χ2v) is 10.5. The number of rotatable bonds is 11. The largest absolute Gasteiger partial charge is 0.492 e. The van der Waals surface area contributed by atoms with Gasteiger partial charge in [-0.25, -0.2) is 15.0 Å². The zero-order valence-corrected chi connectivity index (χ0v) is 24.2. The molecule has 1 aliphatic rings. The molecule has 6 rings (SSSR count). The molecule has 3 N–H and O–H groups in total. The Morgan fingerprint density at radius 1 is 1.16 bits per heavy atom. The number of hydrogen-bond donors (Lipinski definition) is 3. The van der Waals surface area contributed by atoms with E-state index in [9.17, 15) is 9.90 Å². The zero-order chi connectivity index (χ0) is 29.8. The summed E-state index contributed by atoms with van der Waals surface area (Å²) in [7, 11) is 1.64.